The summed E-state index contributed by atoms with van der Waals surface area (Å²) in [5, 5.41) is 21.5. The van der Waals surface area contributed by atoms with Crippen molar-refractivity contribution in [2.24, 2.45) is 0 Å². The van der Waals surface area contributed by atoms with Crippen LogP contribution in [-0.2, 0) is 58.9 Å². The molecule has 0 spiro atoms. The quantitative estimate of drug-likeness (QED) is 0.0384. The molecule has 2 aliphatic heterocycles. The van der Waals surface area contributed by atoms with Gasteiger partial charge in [0.15, 0.2) is 0 Å². The largest absolute Gasteiger partial charge is 0.493 e. The highest BCUT2D eigenvalue weighted by atomic mass is 35.5. The fourth-order valence-corrected chi connectivity index (χ4v) is 8.26. The standard InChI is InChI=1S/C50H51ClF3N7O11/c51-34-11-15-39-40(28-34)57-49(56-39)61-48(66)37(45(59-61)32-7-9-33(10-8-32)50(52,53)54)14-6-31-4-12-35(13-5-31)71-26-24-69-21-20-68-22-23-70-30-44(63)55-18-19-67-25-27-72-42-3-1-2-36-38(42)29-60(47(36)65)41-16-17-43(62)58-46(41)64/h1-5,7-13,15,28,41,66H,6,14,16-27,29-30H2,(H,55,63)(H,56,57)(H,58,62,64). The summed E-state index contributed by atoms with van der Waals surface area (Å²) < 4.78 is 75.0. The van der Waals surface area contributed by atoms with Crippen LogP contribution in [0, 0.1) is 0 Å². The Labute approximate surface area is 415 Å². The second kappa shape index (κ2) is 23.9. The lowest BCUT2D eigenvalue weighted by Crippen LogP contribution is -2.52. The number of aryl methyl sites for hydroxylation is 1. The molecule has 22 heteroatoms. The molecule has 0 aliphatic carbocycles. The maximum atomic E-state index is 13.3. The summed E-state index contributed by atoms with van der Waals surface area (Å²) in [4.78, 5) is 58.1. The molecular weight excluding hydrogens is 967 g/mol. The van der Waals surface area contributed by atoms with Crippen molar-refractivity contribution in [1.29, 1.82) is 0 Å². The molecule has 4 aromatic carbocycles. The Morgan fingerprint density at radius 2 is 1.54 bits per heavy atom. The highest BCUT2D eigenvalue weighted by Crippen LogP contribution is 2.37. The molecule has 0 radical (unpaired) electrons. The number of imidazole rings is 1. The molecular formula is C50H51ClF3N7O11. The van der Waals surface area contributed by atoms with E-state index in [1.165, 1.54) is 21.7 Å². The Hall–Kier alpha value is -7.04. The van der Waals surface area contributed by atoms with Gasteiger partial charge in [-0.25, -0.2) is 4.98 Å². The third kappa shape index (κ3) is 13.1. The number of nitrogens with one attached hydrogen (secondary N) is 3. The lowest BCUT2D eigenvalue weighted by atomic mass is 10.00. The molecule has 4 N–H and O–H groups in total. The maximum absolute atomic E-state index is 13.3. The first-order chi connectivity index (χ1) is 34.8. The summed E-state index contributed by atoms with van der Waals surface area (Å²) in [6.07, 6.45) is -3.27. The van der Waals surface area contributed by atoms with Crippen LogP contribution in [0.3, 0.4) is 0 Å². The van der Waals surface area contributed by atoms with Gasteiger partial charge in [0, 0.05) is 40.2 Å². The maximum Gasteiger partial charge on any atom is 0.416 e. The van der Waals surface area contributed by atoms with Gasteiger partial charge in [0.05, 0.1) is 69.4 Å². The fourth-order valence-electron chi connectivity index (χ4n) is 8.10. The van der Waals surface area contributed by atoms with Crippen LogP contribution in [0.4, 0.5) is 13.2 Å². The van der Waals surface area contributed by atoms with E-state index in [9.17, 15) is 37.5 Å². The monoisotopic (exact) mass is 1020 g/mol. The Balaban J connectivity index is 0.661. The number of aromatic nitrogens is 4. The van der Waals surface area contributed by atoms with E-state index >= 15 is 0 Å². The molecule has 8 rings (SSSR count). The molecule has 1 unspecified atom stereocenters. The number of benzene rings is 4. The minimum Gasteiger partial charge on any atom is -0.493 e. The van der Waals surface area contributed by atoms with Crippen molar-refractivity contribution in [3.63, 3.8) is 0 Å². The van der Waals surface area contributed by atoms with Gasteiger partial charge in [0.25, 0.3) is 5.91 Å². The van der Waals surface area contributed by atoms with E-state index < -0.39 is 23.7 Å². The summed E-state index contributed by atoms with van der Waals surface area (Å²) >= 11 is 6.14. The van der Waals surface area contributed by atoms with E-state index in [4.69, 9.17) is 40.0 Å². The lowest BCUT2D eigenvalue weighted by Gasteiger charge is -2.29. The highest BCUT2D eigenvalue weighted by molar-refractivity contribution is 6.31. The Morgan fingerprint density at radius 3 is 2.28 bits per heavy atom. The summed E-state index contributed by atoms with van der Waals surface area (Å²) in [5.74, 6) is -0.246. The van der Waals surface area contributed by atoms with Gasteiger partial charge in [-0.3, -0.25) is 24.5 Å². The van der Waals surface area contributed by atoms with Crippen molar-refractivity contribution in [3.05, 3.63) is 118 Å². The van der Waals surface area contributed by atoms with E-state index in [2.05, 4.69) is 25.7 Å². The van der Waals surface area contributed by atoms with Crippen molar-refractivity contribution in [2.75, 3.05) is 72.6 Å². The molecule has 18 nitrogen and oxygen atoms in total. The van der Waals surface area contributed by atoms with Crippen LogP contribution in [0.1, 0.15) is 45.5 Å². The van der Waals surface area contributed by atoms with Gasteiger partial charge < -0.3 is 48.7 Å². The number of carbonyl (C=O) groups is 4. The number of H-pyrrole nitrogens is 1. The number of hydrogen-bond donors (Lipinski definition) is 4. The second-order valence-electron chi connectivity index (χ2n) is 16.6. The Bertz CT molecular complexity index is 2860. The number of halogens is 4. The van der Waals surface area contributed by atoms with Crippen molar-refractivity contribution in [3.8, 4) is 34.6 Å². The smallest absolute Gasteiger partial charge is 0.416 e. The Kier molecular flexibility index (Phi) is 17.0. The first kappa shape index (κ1) is 51.3. The van der Waals surface area contributed by atoms with E-state index in [1.807, 2.05) is 24.3 Å². The summed E-state index contributed by atoms with van der Waals surface area (Å²) in [7, 11) is 0. The molecule has 2 aliphatic rings. The SMILES string of the molecule is O=C(COCCOCCOCCOc1ccc(CCc2c(-c3ccc(C(F)(F)F)cc3)nn(-c3nc4cc(Cl)ccc4[nH]3)c2O)cc1)NCCOCCOc1cccc2c1CN(C1CCC(=O)NC1=O)C2=O. The summed E-state index contributed by atoms with van der Waals surface area (Å²) in [6.45, 7) is 2.76. The van der Waals surface area contributed by atoms with E-state index in [0.717, 1.165) is 17.7 Å². The van der Waals surface area contributed by atoms with Gasteiger partial charge in [0.2, 0.25) is 29.5 Å². The number of fused-ring (bicyclic) bond motifs is 2. The summed E-state index contributed by atoms with van der Waals surface area (Å²) in [5.41, 5.74) is 3.63. The van der Waals surface area contributed by atoms with Crippen LogP contribution in [0.25, 0.3) is 28.2 Å². The van der Waals surface area contributed by atoms with Crippen molar-refractivity contribution in [1.82, 2.24) is 35.3 Å². The predicted molar refractivity (Wildman–Crippen MR) is 254 cm³/mol. The van der Waals surface area contributed by atoms with Crippen molar-refractivity contribution >= 4 is 46.3 Å². The first-order valence-corrected chi connectivity index (χ1v) is 23.5. The number of nitrogens with zero attached hydrogens (tertiary/aromatic N) is 4. The van der Waals surface area contributed by atoms with Crippen LogP contribution in [0.2, 0.25) is 5.02 Å². The van der Waals surface area contributed by atoms with Crippen LogP contribution in [0.5, 0.6) is 17.4 Å². The van der Waals surface area contributed by atoms with E-state index in [0.29, 0.717) is 94.8 Å². The molecule has 1 saturated heterocycles. The number of carbonyl (C=O) groups excluding carboxylic acids is 4. The number of aromatic hydroxyl groups is 1. The van der Waals surface area contributed by atoms with Crippen molar-refractivity contribution in [2.45, 2.75) is 44.4 Å². The van der Waals surface area contributed by atoms with Crippen LogP contribution in [-0.4, -0.2) is 132 Å². The number of hydrogen-bond acceptors (Lipinski definition) is 13. The minimum absolute atomic E-state index is 0.141. The van der Waals surface area contributed by atoms with Crippen LogP contribution >= 0.6 is 11.6 Å². The molecule has 1 atom stereocenters. The van der Waals surface area contributed by atoms with Gasteiger partial charge in [-0.05, 0) is 79.4 Å². The zero-order valence-corrected chi connectivity index (χ0v) is 39.6. The van der Waals surface area contributed by atoms with Crippen molar-refractivity contribution < 1.29 is 65.9 Å². The lowest BCUT2D eigenvalue weighted by molar-refractivity contribution is -0.138. The van der Waals surface area contributed by atoms with Gasteiger partial charge >= 0.3 is 6.18 Å². The highest BCUT2D eigenvalue weighted by Gasteiger charge is 2.40. The number of alkyl halides is 3. The molecule has 380 valence electrons. The zero-order chi connectivity index (χ0) is 50.6. The molecule has 0 saturated carbocycles. The number of imide groups is 1. The van der Waals surface area contributed by atoms with Gasteiger partial charge in [-0.2, -0.15) is 23.0 Å². The number of aromatic amines is 1. The zero-order valence-electron chi connectivity index (χ0n) is 38.8. The average molecular weight is 1020 g/mol. The normalized spacial score (nSPS) is 14.8. The molecule has 72 heavy (non-hydrogen) atoms. The molecule has 1 fully saturated rings. The van der Waals surface area contributed by atoms with Crippen LogP contribution in [0.15, 0.2) is 84.9 Å². The topological polar surface area (TPSA) is 218 Å². The predicted octanol–water partition coefficient (Wildman–Crippen LogP) is 5.98. The molecule has 6 aromatic rings. The number of amides is 4. The van der Waals surface area contributed by atoms with Crippen LogP contribution < -0.4 is 20.1 Å². The minimum atomic E-state index is -4.51. The number of rotatable bonds is 25. The summed E-state index contributed by atoms with van der Waals surface area (Å²) in [6, 6.07) is 21.6. The molecule has 2 aromatic heterocycles. The Morgan fingerprint density at radius 1 is 0.833 bits per heavy atom. The number of ether oxygens (including phenoxy) is 6. The third-order valence-electron chi connectivity index (χ3n) is 11.7. The molecule has 4 heterocycles. The molecule has 4 amide bonds. The van der Waals surface area contributed by atoms with E-state index in [1.54, 1.807) is 36.4 Å². The second-order valence-corrected chi connectivity index (χ2v) is 17.1. The first-order valence-electron chi connectivity index (χ1n) is 23.2. The van der Waals surface area contributed by atoms with Gasteiger partial charge in [0.1, 0.15) is 43.1 Å². The van der Waals surface area contributed by atoms with Gasteiger partial charge in [-0.1, -0.05) is 41.9 Å². The van der Waals surface area contributed by atoms with E-state index in [-0.39, 0.29) is 95.1 Å². The molecule has 0 bridgehead atoms. The number of piperidine rings is 1. The average Bonchev–Trinajstić information content (AvgIpc) is 4.04. The third-order valence-corrected chi connectivity index (χ3v) is 12.0. The van der Waals surface area contributed by atoms with Gasteiger partial charge in [-0.15, -0.1) is 0 Å². The fraction of sp³-hybridized carbons (Fsp3) is 0.360.